The smallest absolute Gasteiger partial charge is 0.311 e. The molecule has 2 aromatic rings. The van der Waals surface area contributed by atoms with Crippen molar-refractivity contribution in [1.82, 2.24) is 29.8 Å². The van der Waals surface area contributed by atoms with Gasteiger partial charge in [-0.1, -0.05) is 4.49 Å². The first kappa shape index (κ1) is 10.3. The number of nitrogens with zero attached hydrogens (tertiary/aromatic N) is 6. The Morgan fingerprint density at radius 3 is 3.00 bits per heavy atom. The van der Waals surface area contributed by atoms with E-state index in [4.69, 9.17) is 5.11 Å². The molecular weight excluding hydrogens is 244 g/mol. The molecule has 2 heterocycles. The number of aliphatic carboxylic acids is 1. The third-order valence-corrected chi connectivity index (χ3v) is 3.53. The van der Waals surface area contributed by atoms with Gasteiger partial charge in [0.1, 0.15) is 4.88 Å². The highest BCUT2D eigenvalue weighted by atomic mass is 32.1. The van der Waals surface area contributed by atoms with Crippen LogP contribution in [0.1, 0.15) is 12.8 Å². The van der Waals surface area contributed by atoms with Gasteiger partial charge in [-0.25, -0.2) is 4.68 Å². The summed E-state index contributed by atoms with van der Waals surface area (Å²) in [6, 6.07) is 0. The van der Waals surface area contributed by atoms with Gasteiger partial charge in [0, 0.05) is 0 Å². The zero-order valence-corrected chi connectivity index (χ0v) is 9.46. The topological polar surface area (TPSA) is 107 Å². The first-order valence-corrected chi connectivity index (χ1v) is 5.76. The first-order chi connectivity index (χ1) is 8.21. The SMILES string of the molecule is O=C(O)C1(Cn2nnnc2-c2cnns2)CC1. The summed E-state index contributed by atoms with van der Waals surface area (Å²) in [5.74, 6) is -0.270. The number of hydrogen-bond donors (Lipinski definition) is 1. The van der Waals surface area contributed by atoms with Crippen LogP contribution in [0.4, 0.5) is 0 Å². The molecular formula is C8H8N6O2S. The van der Waals surface area contributed by atoms with Gasteiger partial charge in [-0.15, -0.1) is 10.2 Å². The van der Waals surface area contributed by atoms with Crippen LogP contribution in [0.2, 0.25) is 0 Å². The molecule has 8 nitrogen and oxygen atoms in total. The van der Waals surface area contributed by atoms with Crippen LogP contribution in [-0.4, -0.2) is 40.9 Å². The van der Waals surface area contributed by atoms with Gasteiger partial charge in [-0.05, 0) is 34.8 Å². The zero-order valence-electron chi connectivity index (χ0n) is 8.65. The lowest BCUT2D eigenvalue weighted by atomic mass is 10.1. The molecule has 1 saturated carbocycles. The average molecular weight is 252 g/mol. The minimum Gasteiger partial charge on any atom is -0.481 e. The highest BCUT2D eigenvalue weighted by Gasteiger charge is 2.51. The second kappa shape index (κ2) is 3.55. The molecule has 17 heavy (non-hydrogen) atoms. The van der Waals surface area contributed by atoms with Gasteiger partial charge in [0.25, 0.3) is 0 Å². The Balaban J connectivity index is 1.90. The molecule has 1 aliphatic carbocycles. The number of carbonyl (C=O) groups is 1. The van der Waals surface area contributed by atoms with Crippen LogP contribution < -0.4 is 0 Å². The van der Waals surface area contributed by atoms with Gasteiger partial charge in [0.05, 0.1) is 18.2 Å². The summed E-state index contributed by atoms with van der Waals surface area (Å²) in [5, 5.41) is 24.1. The Kier molecular flexibility index (Phi) is 2.15. The van der Waals surface area contributed by atoms with Crippen molar-refractivity contribution in [2.24, 2.45) is 5.41 Å². The van der Waals surface area contributed by atoms with Crippen LogP contribution in [0.5, 0.6) is 0 Å². The monoisotopic (exact) mass is 252 g/mol. The minimum absolute atomic E-state index is 0.294. The van der Waals surface area contributed by atoms with E-state index >= 15 is 0 Å². The highest BCUT2D eigenvalue weighted by Crippen LogP contribution is 2.47. The molecule has 0 spiro atoms. The number of aromatic nitrogens is 6. The number of carboxylic acids is 1. The van der Waals surface area contributed by atoms with Gasteiger partial charge in [0.2, 0.25) is 0 Å². The molecule has 0 aromatic carbocycles. The van der Waals surface area contributed by atoms with Crippen molar-refractivity contribution in [2.45, 2.75) is 19.4 Å². The standard InChI is InChI=1S/C8H8N6O2S/c15-7(16)8(1-2-8)4-14-6(10-11-12-14)5-3-9-13-17-5/h3H,1-2,4H2,(H,15,16). The summed E-state index contributed by atoms with van der Waals surface area (Å²) in [4.78, 5) is 11.8. The zero-order chi connectivity index (χ0) is 11.9. The molecule has 3 rings (SSSR count). The Morgan fingerprint density at radius 1 is 1.59 bits per heavy atom. The van der Waals surface area contributed by atoms with Gasteiger partial charge in [-0.3, -0.25) is 4.79 Å². The predicted octanol–water partition coefficient (Wildman–Crippen LogP) is 0.0564. The van der Waals surface area contributed by atoms with Crippen LogP contribution in [0.3, 0.4) is 0 Å². The third-order valence-electron chi connectivity index (χ3n) is 2.87. The van der Waals surface area contributed by atoms with E-state index in [0.717, 1.165) is 4.88 Å². The van der Waals surface area contributed by atoms with Gasteiger partial charge < -0.3 is 5.11 Å². The molecule has 1 fully saturated rings. The molecule has 0 aliphatic heterocycles. The summed E-state index contributed by atoms with van der Waals surface area (Å²) >= 11 is 1.18. The van der Waals surface area contributed by atoms with E-state index in [1.165, 1.54) is 16.2 Å². The van der Waals surface area contributed by atoms with Crippen LogP contribution in [-0.2, 0) is 11.3 Å². The maximum atomic E-state index is 11.1. The van der Waals surface area contributed by atoms with E-state index in [2.05, 4.69) is 25.1 Å². The van der Waals surface area contributed by atoms with E-state index in [1.54, 1.807) is 6.20 Å². The van der Waals surface area contributed by atoms with Crippen molar-refractivity contribution in [3.05, 3.63) is 6.20 Å². The van der Waals surface area contributed by atoms with Crippen LogP contribution in [0.25, 0.3) is 10.7 Å². The lowest BCUT2D eigenvalue weighted by molar-refractivity contribution is -0.144. The molecule has 88 valence electrons. The lowest BCUT2D eigenvalue weighted by Crippen LogP contribution is -2.22. The van der Waals surface area contributed by atoms with Crippen molar-refractivity contribution in [1.29, 1.82) is 0 Å². The number of rotatable bonds is 4. The van der Waals surface area contributed by atoms with Crippen LogP contribution >= 0.6 is 11.5 Å². The normalized spacial score (nSPS) is 16.9. The summed E-state index contributed by atoms with van der Waals surface area (Å²) in [6.45, 7) is 0.294. The molecule has 1 N–H and O–H groups in total. The quantitative estimate of drug-likeness (QED) is 0.819. The summed E-state index contributed by atoms with van der Waals surface area (Å²) in [7, 11) is 0. The first-order valence-electron chi connectivity index (χ1n) is 4.99. The van der Waals surface area contributed by atoms with Crippen molar-refractivity contribution < 1.29 is 9.90 Å². The fraction of sp³-hybridized carbons (Fsp3) is 0.500. The third kappa shape index (κ3) is 1.68. The number of hydrogen-bond acceptors (Lipinski definition) is 7. The van der Waals surface area contributed by atoms with Crippen molar-refractivity contribution in [2.75, 3.05) is 0 Å². The van der Waals surface area contributed by atoms with Crippen molar-refractivity contribution >= 4 is 17.5 Å². The largest absolute Gasteiger partial charge is 0.481 e. The van der Waals surface area contributed by atoms with Crippen LogP contribution in [0, 0.1) is 5.41 Å². The fourth-order valence-electron chi connectivity index (χ4n) is 1.63. The molecule has 0 bridgehead atoms. The van der Waals surface area contributed by atoms with E-state index in [0.29, 0.717) is 25.2 Å². The fourth-order valence-corrected chi connectivity index (χ4v) is 2.13. The summed E-state index contributed by atoms with van der Waals surface area (Å²) in [6.07, 6.45) is 2.90. The van der Waals surface area contributed by atoms with Crippen LogP contribution in [0.15, 0.2) is 6.20 Å². The van der Waals surface area contributed by atoms with E-state index in [9.17, 15) is 4.79 Å². The molecule has 1 aliphatic rings. The molecule has 0 radical (unpaired) electrons. The maximum absolute atomic E-state index is 11.1. The molecule has 0 amide bonds. The number of carboxylic acid groups (broad SMARTS) is 1. The minimum atomic E-state index is -0.790. The van der Waals surface area contributed by atoms with Gasteiger partial charge >= 0.3 is 5.97 Å². The Bertz CT molecular complexity index is 546. The molecule has 2 aromatic heterocycles. The Labute approximate surface area is 99.4 Å². The molecule has 0 atom stereocenters. The Morgan fingerprint density at radius 2 is 2.41 bits per heavy atom. The predicted molar refractivity (Wildman–Crippen MR) is 56.0 cm³/mol. The number of tetrazole rings is 1. The van der Waals surface area contributed by atoms with Gasteiger partial charge in [-0.2, -0.15) is 0 Å². The summed E-state index contributed by atoms with van der Waals surface area (Å²) < 4.78 is 5.24. The van der Waals surface area contributed by atoms with E-state index in [-0.39, 0.29) is 0 Å². The maximum Gasteiger partial charge on any atom is 0.311 e. The van der Waals surface area contributed by atoms with E-state index < -0.39 is 11.4 Å². The van der Waals surface area contributed by atoms with Crippen molar-refractivity contribution in [3.63, 3.8) is 0 Å². The second-order valence-electron chi connectivity index (χ2n) is 4.03. The molecule has 9 heteroatoms. The molecule has 0 saturated heterocycles. The summed E-state index contributed by atoms with van der Waals surface area (Å²) in [5.41, 5.74) is -0.692. The van der Waals surface area contributed by atoms with E-state index in [1.807, 2.05) is 0 Å². The average Bonchev–Trinajstić information content (AvgIpc) is 2.75. The second-order valence-corrected chi connectivity index (χ2v) is 4.81. The Hall–Kier alpha value is -1.90. The lowest BCUT2D eigenvalue weighted by Gasteiger charge is -2.09. The van der Waals surface area contributed by atoms with Crippen molar-refractivity contribution in [3.8, 4) is 10.7 Å². The molecule has 0 unspecified atom stereocenters. The highest BCUT2D eigenvalue weighted by molar-refractivity contribution is 7.09. The van der Waals surface area contributed by atoms with Gasteiger partial charge in [0.15, 0.2) is 5.82 Å².